The molecule has 2 N–H and O–H groups in total. The topological polar surface area (TPSA) is 77.6 Å². The Kier molecular flexibility index (Phi) is 3.35. The molecule has 2 aromatic heterocycles. The highest BCUT2D eigenvalue weighted by Crippen LogP contribution is 2.28. The number of hydrogen-bond acceptors (Lipinski definition) is 6. The van der Waals surface area contributed by atoms with Crippen LogP contribution in [-0.2, 0) is 6.54 Å². The van der Waals surface area contributed by atoms with E-state index in [1.807, 2.05) is 24.3 Å². The van der Waals surface area contributed by atoms with Crippen molar-refractivity contribution < 1.29 is 0 Å². The van der Waals surface area contributed by atoms with Gasteiger partial charge in [-0.3, -0.25) is 0 Å². The van der Waals surface area contributed by atoms with Crippen molar-refractivity contribution in [3.05, 3.63) is 48.5 Å². The van der Waals surface area contributed by atoms with Gasteiger partial charge in [0.05, 0.1) is 5.52 Å². The minimum absolute atomic E-state index is 0.446. The van der Waals surface area contributed by atoms with Crippen molar-refractivity contribution in [1.82, 2.24) is 19.9 Å². The highest BCUT2D eigenvalue weighted by atomic mass is 32.2. The molecule has 0 unspecified atom stereocenters. The molecule has 19 heavy (non-hydrogen) atoms. The Labute approximate surface area is 114 Å². The molecule has 1 aromatic carbocycles. The van der Waals surface area contributed by atoms with E-state index in [1.165, 1.54) is 11.8 Å². The zero-order valence-corrected chi connectivity index (χ0v) is 10.8. The largest absolute Gasteiger partial charge is 0.326 e. The Morgan fingerprint density at radius 3 is 2.58 bits per heavy atom. The molecule has 0 saturated heterocycles. The van der Waals surface area contributed by atoms with Gasteiger partial charge in [-0.2, -0.15) is 0 Å². The number of hydrogen-bond donors (Lipinski definition) is 1. The molecule has 94 valence electrons. The van der Waals surface area contributed by atoms with E-state index in [0.29, 0.717) is 11.7 Å². The standard InChI is InChI=1S/C13H11N5S/c14-5-9-6-15-13(16-7-9)19-12-10-3-1-2-4-11(10)17-8-18-12/h1-4,6-8H,5,14H2. The fourth-order valence-corrected chi connectivity index (χ4v) is 2.42. The van der Waals surface area contributed by atoms with Crippen LogP contribution in [0.15, 0.2) is 53.2 Å². The summed E-state index contributed by atoms with van der Waals surface area (Å²) < 4.78 is 0. The van der Waals surface area contributed by atoms with Crippen molar-refractivity contribution in [1.29, 1.82) is 0 Å². The van der Waals surface area contributed by atoms with Crippen LogP contribution in [-0.4, -0.2) is 19.9 Å². The highest BCUT2D eigenvalue weighted by molar-refractivity contribution is 7.99. The van der Waals surface area contributed by atoms with Crippen LogP contribution >= 0.6 is 11.8 Å². The van der Waals surface area contributed by atoms with Crippen LogP contribution in [0.1, 0.15) is 5.56 Å². The van der Waals surface area contributed by atoms with Crippen molar-refractivity contribution in [2.24, 2.45) is 5.73 Å². The Balaban J connectivity index is 1.96. The fourth-order valence-electron chi connectivity index (χ4n) is 1.65. The summed E-state index contributed by atoms with van der Waals surface area (Å²) in [4.78, 5) is 17.0. The van der Waals surface area contributed by atoms with Gasteiger partial charge in [-0.1, -0.05) is 18.2 Å². The van der Waals surface area contributed by atoms with E-state index >= 15 is 0 Å². The summed E-state index contributed by atoms with van der Waals surface area (Å²) in [7, 11) is 0. The summed E-state index contributed by atoms with van der Waals surface area (Å²) in [5.41, 5.74) is 7.35. The maximum atomic E-state index is 5.52. The molecule has 0 atom stereocenters. The lowest BCUT2D eigenvalue weighted by Gasteiger charge is -2.03. The van der Waals surface area contributed by atoms with Gasteiger partial charge in [-0.25, -0.2) is 19.9 Å². The SMILES string of the molecule is NCc1cnc(Sc2ncnc3ccccc23)nc1. The van der Waals surface area contributed by atoms with Gasteiger partial charge in [0.1, 0.15) is 11.4 Å². The Morgan fingerprint density at radius 1 is 1.00 bits per heavy atom. The molecule has 0 aliphatic carbocycles. The normalized spacial score (nSPS) is 10.8. The van der Waals surface area contributed by atoms with Crippen molar-refractivity contribution in [3.63, 3.8) is 0 Å². The van der Waals surface area contributed by atoms with E-state index in [0.717, 1.165) is 21.5 Å². The van der Waals surface area contributed by atoms with Crippen LogP contribution < -0.4 is 5.73 Å². The summed E-state index contributed by atoms with van der Waals surface area (Å²) in [5.74, 6) is 0. The van der Waals surface area contributed by atoms with Crippen LogP contribution in [0, 0.1) is 0 Å². The molecule has 0 amide bonds. The predicted molar refractivity (Wildman–Crippen MR) is 73.6 cm³/mol. The second-order valence-corrected chi connectivity index (χ2v) is 4.83. The molecule has 0 bridgehead atoms. The van der Waals surface area contributed by atoms with Crippen LogP contribution in [0.2, 0.25) is 0 Å². The molecular formula is C13H11N5S. The number of nitrogens with zero attached hydrogens (tertiary/aromatic N) is 4. The third-order valence-electron chi connectivity index (χ3n) is 2.61. The molecule has 0 fully saturated rings. The van der Waals surface area contributed by atoms with E-state index in [1.54, 1.807) is 18.7 Å². The van der Waals surface area contributed by atoms with Crippen molar-refractivity contribution in [2.75, 3.05) is 0 Å². The van der Waals surface area contributed by atoms with Gasteiger partial charge in [-0.05, 0) is 17.8 Å². The zero-order chi connectivity index (χ0) is 13.1. The molecule has 0 saturated carbocycles. The summed E-state index contributed by atoms with van der Waals surface area (Å²) in [6.45, 7) is 0.446. The summed E-state index contributed by atoms with van der Waals surface area (Å²) in [5, 5.41) is 2.51. The van der Waals surface area contributed by atoms with E-state index < -0.39 is 0 Å². The van der Waals surface area contributed by atoms with Gasteiger partial charge in [0.25, 0.3) is 0 Å². The van der Waals surface area contributed by atoms with Gasteiger partial charge in [0.2, 0.25) is 0 Å². The van der Waals surface area contributed by atoms with Crippen molar-refractivity contribution in [3.8, 4) is 0 Å². The quantitative estimate of drug-likeness (QED) is 0.579. The van der Waals surface area contributed by atoms with Crippen molar-refractivity contribution in [2.45, 2.75) is 16.7 Å². The van der Waals surface area contributed by atoms with Crippen LogP contribution in [0.5, 0.6) is 0 Å². The number of nitrogens with two attached hydrogens (primary N) is 1. The zero-order valence-electron chi connectivity index (χ0n) is 10.0. The lowest BCUT2D eigenvalue weighted by Crippen LogP contribution is -1.98. The van der Waals surface area contributed by atoms with Gasteiger partial charge in [-0.15, -0.1) is 0 Å². The summed E-state index contributed by atoms with van der Waals surface area (Å²) in [6, 6.07) is 7.87. The molecule has 0 aliphatic heterocycles. The second-order valence-electron chi connectivity index (χ2n) is 3.88. The van der Waals surface area contributed by atoms with E-state index in [2.05, 4.69) is 19.9 Å². The van der Waals surface area contributed by atoms with Gasteiger partial charge in [0.15, 0.2) is 5.16 Å². The number of para-hydroxylation sites is 1. The first-order chi connectivity index (χ1) is 9.36. The molecule has 3 aromatic rings. The minimum Gasteiger partial charge on any atom is -0.326 e. The molecule has 0 radical (unpaired) electrons. The molecule has 6 heteroatoms. The first-order valence-corrected chi connectivity index (χ1v) is 6.57. The number of fused-ring (bicyclic) bond motifs is 1. The van der Waals surface area contributed by atoms with Gasteiger partial charge < -0.3 is 5.73 Å². The highest BCUT2D eigenvalue weighted by Gasteiger charge is 2.07. The fraction of sp³-hybridized carbons (Fsp3) is 0.0769. The molecule has 3 rings (SSSR count). The first-order valence-electron chi connectivity index (χ1n) is 5.75. The van der Waals surface area contributed by atoms with Crippen LogP contribution in [0.25, 0.3) is 10.9 Å². The van der Waals surface area contributed by atoms with E-state index in [-0.39, 0.29) is 0 Å². The first kappa shape index (κ1) is 12.0. The number of rotatable bonds is 3. The smallest absolute Gasteiger partial charge is 0.193 e. The van der Waals surface area contributed by atoms with Gasteiger partial charge >= 0.3 is 0 Å². The minimum atomic E-state index is 0.446. The molecule has 5 nitrogen and oxygen atoms in total. The van der Waals surface area contributed by atoms with Crippen molar-refractivity contribution >= 4 is 22.7 Å². The van der Waals surface area contributed by atoms with Crippen LogP contribution in [0.4, 0.5) is 0 Å². The predicted octanol–water partition coefficient (Wildman–Crippen LogP) is 2.03. The molecule has 2 heterocycles. The number of benzene rings is 1. The Hall–Kier alpha value is -2.05. The van der Waals surface area contributed by atoms with E-state index in [4.69, 9.17) is 5.73 Å². The summed E-state index contributed by atoms with van der Waals surface area (Å²) >= 11 is 1.42. The van der Waals surface area contributed by atoms with Crippen LogP contribution in [0.3, 0.4) is 0 Å². The Bertz CT molecular complexity index is 693. The second kappa shape index (κ2) is 5.29. The molecule has 0 aliphatic rings. The summed E-state index contributed by atoms with van der Waals surface area (Å²) in [6.07, 6.45) is 5.02. The maximum absolute atomic E-state index is 5.52. The Morgan fingerprint density at radius 2 is 1.79 bits per heavy atom. The third-order valence-corrected chi connectivity index (χ3v) is 3.52. The van der Waals surface area contributed by atoms with E-state index in [9.17, 15) is 0 Å². The number of aromatic nitrogens is 4. The third kappa shape index (κ3) is 2.54. The van der Waals surface area contributed by atoms with Gasteiger partial charge in [0, 0.05) is 29.9 Å². The lowest BCUT2D eigenvalue weighted by atomic mass is 10.2. The molecular weight excluding hydrogens is 258 g/mol. The maximum Gasteiger partial charge on any atom is 0.193 e. The molecule has 0 spiro atoms. The monoisotopic (exact) mass is 269 g/mol. The lowest BCUT2D eigenvalue weighted by molar-refractivity contribution is 0.911. The average molecular weight is 269 g/mol. The average Bonchev–Trinajstić information content (AvgIpc) is 2.48.